The number of nitrogens with zero attached hydrogens (tertiary/aromatic N) is 2. The molecule has 1 aliphatic rings. The largest absolute Gasteiger partial charge is 0.493 e. The smallest absolute Gasteiger partial charge is 0.293 e. The third-order valence-electron chi connectivity index (χ3n) is 4.68. The zero-order valence-corrected chi connectivity index (χ0v) is 19.5. The Morgan fingerprint density at radius 3 is 2.55 bits per heavy atom. The first-order valence-electron chi connectivity index (χ1n) is 9.82. The molecule has 0 saturated carbocycles. The van der Waals surface area contributed by atoms with Gasteiger partial charge in [0.15, 0.2) is 11.5 Å². The number of hydrogen-bond acceptors (Lipinski definition) is 8. The Morgan fingerprint density at radius 1 is 1.18 bits per heavy atom. The number of amides is 2. The van der Waals surface area contributed by atoms with Gasteiger partial charge in [-0.3, -0.25) is 24.6 Å². The van der Waals surface area contributed by atoms with Crippen molar-refractivity contribution in [1.82, 2.24) is 4.90 Å². The minimum absolute atomic E-state index is 0.0122. The fourth-order valence-corrected chi connectivity index (χ4v) is 4.18. The fourth-order valence-electron chi connectivity index (χ4n) is 3.04. The van der Waals surface area contributed by atoms with Crippen LogP contribution in [0.1, 0.15) is 17.5 Å². The normalized spacial score (nSPS) is 14.8. The minimum atomic E-state index is -0.475. The van der Waals surface area contributed by atoms with Gasteiger partial charge in [-0.15, -0.1) is 0 Å². The van der Waals surface area contributed by atoms with Crippen molar-refractivity contribution in [3.8, 4) is 11.5 Å². The van der Waals surface area contributed by atoms with E-state index in [9.17, 15) is 19.7 Å². The molecule has 1 heterocycles. The van der Waals surface area contributed by atoms with Crippen molar-refractivity contribution >= 4 is 46.3 Å². The molecule has 1 saturated heterocycles. The predicted molar refractivity (Wildman–Crippen MR) is 125 cm³/mol. The van der Waals surface area contributed by atoms with Gasteiger partial charge >= 0.3 is 0 Å². The summed E-state index contributed by atoms with van der Waals surface area (Å²) in [6, 6.07) is 9.22. The second-order valence-electron chi connectivity index (χ2n) is 6.93. The van der Waals surface area contributed by atoms with Crippen molar-refractivity contribution in [2.45, 2.75) is 13.0 Å². The van der Waals surface area contributed by atoms with Crippen molar-refractivity contribution in [3.63, 3.8) is 0 Å². The number of imide groups is 1. The van der Waals surface area contributed by atoms with Crippen LogP contribution in [0.2, 0.25) is 5.02 Å². The molecule has 3 rings (SSSR count). The highest BCUT2D eigenvalue weighted by atomic mass is 35.5. The van der Waals surface area contributed by atoms with Crippen LogP contribution < -0.4 is 9.47 Å². The van der Waals surface area contributed by atoms with Crippen molar-refractivity contribution in [2.75, 3.05) is 27.4 Å². The van der Waals surface area contributed by atoms with E-state index in [1.54, 1.807) is 37.5 Å². The zero-order valence-electron chi connectivity index (χ0n) is 17.9. The zero-order chi connectivity index (χ0) is 24.0. The quantitative estimate of drug-likeness (QED) is 0.199. The van der Waals surface area contributed by atoms with Gasteiger partial charge in [0, 0.05) is 32.4 Å². The number of thioether (sulfide) groups is 1. The molecule has 0 N–H and O–H groups in total. The monoisotopic (exact) mass is 492 g/mol. The molecule has 1 aliphatic heterocycles. The molecule has 0 aliphatic carbocycles. The third kappa shape index (κ3) is 6.04. The van der Waals surface area contributed by atoms with Gasteiger partial charge in [-0.2, -0.15) is 0 Å². The maximum atomic E-state index is 12.6. The number of non-ortho nitro benzene ring substituents is 1. The Bertz CT molecular complexity index is 1090. The molecule has 0 aromatic heterocycles. The number of nitro groups is 1. The molecule has 0 unspecified atom stereocenters. The molecule has 0 radical (unpaired) electrons. The number of methoxy groups -OCH3 is 2. The van der Waals surface area contributed by atoms with Gasteiger partial charge < -0.3 is 14.2 Å². The average molecular weight is 493 g/mol. The number of halogens is 1. The van der Waals surface area contributed by atoms with Crippen LogP contribution in [0, 0.1) is 10.1 Å². The van der Waals surface area contributed by atoms with Crippen LogP contribution in [0.25, 0.3) is 6.08 Å². The number of rotatable bonds is 10. The lowest BCUT2D eigenvalue weighted by atomic mass is 10.1. The van der Waals surface area contributed by atoms with Crippen LogP contribution in [0.5, 0.6) is 11.5 Å². The summed E-state index contributed by atoms with van der Waals surface area (Å²) in [6.45, 7) is 0.859. The van der Waals surface area contributed by atoms with Gasteiger partial charge in [0.25, 0.3) is 16.8 Å². The summed E-state index contributed by atoms with van der Waals surface area (Å²) in [7, 11) is 3.02. The summed E-state index contributed by atoms with van der Waals surface area (Å²) < 4.78 is 16.1. The topological polar surface area (TPSA) is 108 Å². The summed E-state index contributed by atoms with van der Waals surface area (Å²) in [6.07, 6.45) is 2.14. The standard InChI is InChI=1S/C22H21ClN2O7S/c1-30-9-3-8-24-21(26)19(33-22(24)27)12-15-10-17(23)20(18(11-15)31-2)32-13-14-4-6-16(7-5-14)25(28)29/h4-7,10-12H,3,8-9,13H2,1-2H3/b19-12+. The van der Waals surface area contributed by atoms with E-state index in [0.717, 1.165) is 11.8 Å². The van der Waals surface area contributed by atoms with E-state index in [4.69, 9.17) is 25.8 Å². The maximum absolute atomic E-state index is 12.6. The van der Waals surface area contributed by atoms with E-state index in [-0.39, 0.29) is 39.9 Å². The second kappa shape index (κ2) is 11.2. The highest BCUT2D eigenvalue weighted by Gasteiger charge is 2.34. The molecule has 0 atom stereocenters. The minimum Gasteiger partial charge on any atom is -0.493 e. The number of carbonyl (C=O) groups excluding carboxylic acids is 2. The van der Waals surface area contributed by atoms with Crippen LogP contribution in [-0.2, 0) is 16.1 Å². The molecular formula is C22H21ClN2O7S. The Kier molecular flexibility index (Phi) is 8.32. The molecule has 9 nitrogen and oxygen atoms in total. The van der Waals surface area contributed by atoms with Crippen LogP contribution in [0.15, 0.2) is 41.3 Å². The molecule has 0 bridgehead atoms. The number of hydrogen-bond donors (Lipinski definition) is 0. The predicted octanol–water partition coefficient (Wildman–Crippen LogP) is 4.91. The fraction of sp³-hybridized carbons (Fsp3) is 0.273. The van der Waals surface area contributed by atoms with Crippen LogP contribution in [0.4, 0.5) is 10.5 Å². The van der Waals surface area contributed by atoms with Gasteiger partial charge in [-0.05, 0) is 59.7 Å². The maximum Gasteiger partial charge on any atom is 0.293 e. The van der Waals surface area contributed by atoms with Gasteiger partial charge in [-0.1, -0.05) is 11.6 Å². The van der Waals surface area contributed by atoms with E-state index in [2.05, 4.69) is 0 Å². The Labute approximate surface area is 199 Å². The lowest BCUT2D eigenvalue weighted by molar-refractivity contribution is -0.384. The van der Waals surface area contributed by atoms with E-state index >= 15 is 0 Å². The van der Waals surface area contributed by atoms with Crippen molar-refractivity contribution in [2.24, 2.45) is 0 Å². The molecule has 0 spiro atoms. The average Bonchev–Trinajstić information content (AvgIpc) is 3.05. The summed E-state index contributed by atoms with van der Waals surface area (Å²) in [5.41, 5.74) is 1.27. The second-order valence-corrected chi connectivity index (χ2v) is 8.33. The Hall–Kier alpha value is -3.08. The number of carbonyl (C=O) groups is 2. The molecule has 2 aromatic rings. The van der Waals surface area contributed by atoms with Gasteiger partial charge in [0.2, 0.25) is 0 Å². The number of nitro benzene ring substituents is 1. The van der Waals surface area contributed by atoms with Crippen molar-refractivity contribution in [3.05, 3.63) is 67.6 Å². The highest BCUT2D eigenvalue weighted by molar-refractivity contribution is 8.18. The van der Waals surface area contributed by atoms with E-state index in [1.165, 1.54) is 24.1 Å². The first-order valence-corrected chi connectivity index (χ1v) is 11.0. The lowest BCUT2D eigenvalue weighted by Gasteiger charge is -2.14. The van der Waals surface area contributed by atoms with Gasteiger partial charge in [0.05, 0.1) is 22.0 Å². The molecule has 174 valence electrons. The van der Waals surface area contributed by atoms with Gasteiger partial charge in [-0.25, -0.2) is 0 Å². The van der Waals surface area contributed by atoms with E-state index in [1.807, 2.05) is 0 Å². The van der Waals surface area contributed by atoms with Crippen molar-refractivity contribution < 1.29 is 28.7 Å². The van der Waals surface area contributed by atoms with Crippen LogP contribution in [-0.4, -0.2) is 48.3 Å². The molecule has 33 heavy (non-hydrogen) atoms. The number of benzene rings is 2. The SMILES string of the molecule is COCCCN1C(=O)S/C(=C/c2cc(Cl)c(OCc3ccc([N+](=O)[O-])cc3)c(OC)c2)C1=O. The lowest BCUT2D eigenvalue weighted by Crippen LogP contribution is -2.29. The summed E-state index contributed by atoms with van der Waals surface area (Å²) >= 11 is 7.27. The van der Waals surface area contributed by atoms with Crippen LogP contribution in [0.3, 0.4) is 0 Å². The molecule has 1 fully saturated rings. The Balaban J connectivity index is 1.75. The highest BCUT2D eigenvalue weighted by Crippen LogP contribution is 2.39. The Morgan fingerprint density at radius 2 is 1.91 bits per heavy atom. The molecular weight excluding hydrogens is 472 g/mol. The van der Waals surface area contributed by atoms with Gasteiger partial charge in [0.1, 0.15) is 6.61 Å². The molecule has 2 aromatic carbocycles. The summed E-state index contributed by atoms with van der Waals surface area (Å²) in [5.74, 6) is 0.270. The number of ether oxygens (including phenoxy) is 3. The molecule has 11 heteroatoms. The van der Waals surface area contributed by atoms with E-state index < -0.39 is 4.92 Å². The van der Waals surface area contributed by atoms with Crippen molar-refractivity contribution in [1.29, 1.82) is 0 Å². The molecule has 2 amide bonds. The van der Waals surface area contributed by atoms with E-state index in [0.29, 0.717) is 35.7 Å². The van der Waals surface area contributed by atoms with Crippen LogP contribution >= 0.6 is 23.4 Å². The third-order valence-corrected chi connectivity index (χ3v) is 5.87. The summed E-state index contributed by atoms with van der Waals surface area (Å²) in [5, 5.41) is 10.7. The summed E-state index contributed by atoms with van der Waals surface area (Å²) in [4.78, 5) is 36.6. The first-order chi connectivity index (χ1) is 15.8. The first kappa shape index (κ1) is 24.6.